The van der Waals surface area contributed by atoms with Gasteiger partial charge in [0.25, 0.3) is 5.91 Å². The number of hydrogen-bond acceptors (Lipinski definition) is 7. The van der Waals surface area contributed by atoms with E-state index in [1.165, 1.54) is 12.8 Å². The monoisotopic (exact) mass is 419 g/mol. The van der Waals surface area contributed by atoms with E-state index in [4.69, 9.17) is 4.52 Å². The van der Waals surface area contributed by atoms with E-state index < -0.39 is 14.6 Å². The number of aromatic nitrogens is 4. The molecule has 1 spiro atoms. The molecule has 10 heteroatoms. The molecule has 0 bridgehead atoms. The minimum absolute atomic E-state index is 0.0900. The van der Waals surface area contributed by atoms with Gasteiger partial charge >= 0.3 is 0 Å². The standard InChI is InChI=1S/C19H25N5O4S/c1-12-14(9-23(2)21-12)18(25)24-10-19(11-24)15(7-8-29(19,26)27)17-20-16(22-28-17)13-5-3-4-6-13/h9,13,15H,3-8,10-11H2,1-2H3. The van der Waals surface area contributed by atoms with Crippen LogP contribution in [0.5, 0.6) is 0 Å². The molecule has 0 aromatic carbocycles. The molecule has 4 heterocycles. The van der Waals surface area contributed by atoms with Gasteiger partial charge in [0, 0.05) is 32.3 Å². The second kappa shape index (κ2) is 6.38. The Kier molecular flexibility index (Phi) is 4.13. The molecule has 3 fully saturated rings. The zero-order valence-corrected chi connectivity index (χ0v) is 17.5. The van der Waals surface area contributed by atoms with Crippen molar-refractivity contribution in [3.63, 3.8) is 0 Å². The molecule has 2 saturated heterocycles. The third-order valence-corrected chi connectivity index (χ3v) is 9.41. The molecule has 0 radical (unpaired) electrons. The van der Waals surface area contributed by atoms with Gasteiger partial charge in [-0.2, -0.15) is 10.1 Å². The third kappa shape index (κ3) is 2.75. The van der Waals surface area contributed by atoms with E-state index >= 15 is 0 Å². The number of carbonyl (C=O) groups is 1. The summed E-state index contributed by atoms with van der Waals surface area (Å²) in [6.45, 7) is 2.10. The van der Waals surface area contributed by atoms with E-state index in [0.29, 0.717) is 35.3 Å². The third-order valence-electron chi connectivity index (χ3n) is 6.85. The topological polar surface area (TPSA) is 111 Å². The van der Waals surface area contributed by atoms with E-state index in [-0.39, 0.29) is 30.7 Å². The minimum Gasteiger partial charge on any atom is -0.339 e. The molecule has 5 rings (SSSR count). The Hall–Kier alpha value is -2.23. The van der Waals surface area contributed by atoms with Crippen molar-refractivity contribution in [1.82, 2.24) is 24.8 Å². The van der Waals surface area contributed by atoms with Crippen LogP contribution in [0.4, 0.5) is 0 Å². The number of rotatable bonds is 3. The fourth-order valence-corrected chi connectivity index (χ4v) is 7.49. The Labute approximate surface area is 169 Å². The lowest BCUT2D eigenvalue weighted by Crippen LogP contribution is -2.67. The molecule has 1 atom stereocenters. The number of carbonyl (C=O) groups excluding carboxylic acids is 1. The minimum atomic E-state index is -3.35. The molecule has 3 aliphatic rings. The molecule has 0 N–H and O–H groups in total. The lowest BCUT2D eigenvalue weighted by Gasteiger charge is -2.48. The van der Waals surface area contributed by atoms with Crippen molar-refractivity contribution in [2.24, 2.45) is 7.05 Å². The predicted octanol–water partition coefficient (Wildman–Crippen LogP) is 1.57. The zero-order valence-electron chi connectivity index (χ0n) is 16.7. The molecular weight excluding hydrogens is 394 g/mol. The fourth-order valence-electron chi connectivity index (χ4n) is 5.18. The number of nitrogens with zero attached hydrogens (tertiary/aromatic N) is 5. The van der Waals surface area contributed by atoms with Crippen molar-refractivity contribution >= 4 is 15.7 Å². The second-order valence-electron chi connectivity index (χ2n) is 8.66. The van der Waals surface area contributed by atoms with Crippen molar-refractivity contribution in [2.45, 2.75) is 55.6 Å². The van der Waals surface area contributed by atoms with Gasteiger partial charge in [-0.1, -0.05) is 18.0 Å². The van der Waals surface area contributed by atoms with E-state index in [1.807, 2.05) is 0 Å². The van der Waals surface area contributed by atoms with Gasteiger partial charge in [-0.3, -0.25) is 9.48 Å². The number of sulfone groups is 1. The average molecular weight is 420 g/mol. The van der Waals surface area contributed by atoms with Gasteiger partial charge in [0.2, 0.25) is 5.89 Å². The largest absolute Gasteiger partial charge is 0.339 e. The number of amides is 1. The summed E-state index contributed by atoms with van der Waals surface area (Å²) >= 11 is 0. The van der Waals surface area contributed by atoms with Gasteiger partial charge in [0.15, 0.2) is 15.7 Å². The van der Waals surface area contributed by atoms with Gasteiger partial charge in [0.05, 0.1) is 22.9 Å². The smallest absolute Gasteiger partial charge is 0.257 e. The first-order valence-electron chi connectivity index (χ1n) is 10.2. The maximum absolute atomic E-state index is 12.9. The number of likely N-dealkylation sites (tertiary alicyclic amines) is 1. The van der Waals surface area contributed by atoms with Crippen LogP contribution in [0.2, 0.25) is 0 Å². The van der Waals surface area contributed by atoms with Crippen LogP contribution in [0.3, 0.4) is 0 Å². The van der Waals surface area contributed by atoms with E-state index in [1.54, 1.807) is 29.7 Å². The van der Waals surface area contributed by atoms with Gasteiger partial charge < -0.3 is 9.42 Å². The Morgan fingerprint density at radius 3 is 2.62 bits per heavy atom. The molecule has 156 valence electrons. The SMILES string of the molecule is Cc1nn(C)cc1C(=O)N1CC2(C1)C(c1nc(C3CCCC3)no1)CCS2(=O)=O. The highest BCUT2D eigenvalue weighted by Gasteiger charge is 2.64. The highest BCUT2D eigenvalue weighted by Crippen LogP contribution is 2.50. The van der Waals surface area contributed by atoms with Crippen LogP contribution in [0.15, 0.2) is 10.7 Å². The average Bonchev–Trinajstić information content (AvgIpc) is 3.38. The predicted molar refractivity (Wildman–Crippen MR) is 103 cm³/mol. The Morgan fingerprint density at radius 2 is 1.97 bits per heavy atom. The normalized spacial score (nSPS) is 25.6. The molecule has 2 aromatic heterocycles. The van der Waals surface area contributed by atoms with Crippen molar-refractivity contribution in [2.75, 3.05) is 18.8 Å². The van der Waals surface area contributed by atoms with Gasteiger partial charge in [-0.25, -0.2) is 8.42 Å². The summed E-state index contributed by atoms with van der Waals surface area (Å²) in [7, 11) is -1.59. The Bertz CT molecular complexity index is 1060. The molecule has 1 amide bonds. The summed E-state index contributed by atoms with van der Waals surface area (Å²) in [5, 5.41) is 8.37. The summed E-state index contributed by atoms with van der Waals surface area (Å²) in [6, 6.07) is 0. The van der Waals surface area contributed by atoms with Crippen LogP contribution in [-0.2, 0) is 16.9 Å². The lowest BCUT2D eigenvalue weighted by molar-refractivity contribution is 0.0503. The van der Waals surface area contributed by atoms with Crippen molar-refractivity contribution in [3.05, 3.63) is 29.2 Å². The summed E-state index contributed by atoms with van der Waals surface area (Å²) < 4.78 is 32.0. The molecule has 2 aromatic rings. The van der Waals surface area contributed by atoms with Crippen LogP contribution in [0.1, 0.15) is 71.7 Å². The first kappa shape index (κ1) is 18.8. The molecule has 1 unspecified atom stereocenters. The van der Waals surface area contributed by atoms with E-state index in [2.05, 4.69) is 15.2 Å². The summed E-state index contributed by atoms with van der Waals surface area (Å²) in [5.74, 6) is 0.989. The highest BCUT2D eigenvalue weighted by molar-refractivity contribution is 7.93. The van der Waals surface area contributed by atoms with Gasteiger partial charge in [-0.15, -0.1) is 0 Å². The second-order valence-corrected chi connectivity index (χ2v) is 11.1. The molecule has 1 aliphatic carbocycles. The Morgan fingerprint density at radius 1 is 1.24 bits per heavy atom. The van der Waals surface area contributed by atoms with E-state index in [0.717, 1.165) is 12.8 Å². The zero-order chi connectivity index (χ0) is 20.4. The molecule has 9 nitrogen and oxygen atoms in total. The molecule has 1 saturated carbocycles. The number of hydrogen-bond donors (Lipinski definition) is 0. The van der Waals surface area contributed by atoms with Crippen molar-refractivity contribution in [3.8, 4) is 0 Å². The Balaban J connectivity index is 1.39. The summed E-state index contributed by atoms with van der Waals surface area (Å²) in [6.07, 6.45) is 6.58. The van der Waals surface area contributed by atoms with Crippen LogP contribution in [0.25, 0.3) is 0 Å². The van der Waals surface area contributed by atoms with Crippen LogP contribution < -0.4 is 0 Å². The van der Waals surface area contributed by atoms with Gasteiger partial charge in [0.1, 0.15) is 4.75 Å². The van der Waals surface area contributed by atoms with Crippen LogP contribution in [0, 0.1) is 6.92 Å². The van der Waals surface area contributed by atoms with E-state index in [9.17, 15) is 13.2 Å². The summed E-state index contributed by atoms with van der Waals surface area (Å²) in [4.78, 5) is 19.1. The maximum Gasteiger partial charge on any atom is 0.257 e. The highest BCUT2D eigenvalue weighted by atomic mass is 32.2. The molecule has 2 aliphatic heterocycles. The van der Waals surface area contributed by atoms with Crippen molar-refractivity contribution in [1.29, 1.82) is 0 Å². The lowest BCUT2D eigenvalue weighted by atomic mass is 9.82. The van der Waals surface area contributed by atoms with Crippen LogP contribution in [-0.4, -0.2) is 62.7 Å². The molecule has 29 heavy (non-hydrogen) atoms. The fraction of sp³-hybridized carbons (Fsp3) is 0.684. The number of aryl methyl sites for hydroxylation is 2. The molecular formula is C19H25N5O4S. The summed E-state index contributed by atoms with van der Waals surface area (Å²) in [5.41, 5.74) is 1.15. The first-order chi connectivity index (χ1) is 13.8. The van der Waals surface area contributed by atoms with Crippen molar-refractivity contribution < 1.29 is 17.7 Å². The first-order valence-corrected chi connectivity index (χ1v) is 11.8. The maximum atomic E-state index is 12.9. The van der Waals surface area contributed by atoms with Crippen LogP contribution >= 0.6 is 0 Å². The van der Waals surface area contributed by atoms with Gasteiger partial charge in [-0.05, 0) is 26.2 Å². The quantitative estimate of drug-likeness (QED) is 0.742.